The molecule has 2 aliphatic rings. The number of nitrogen functional groups attached to an aromatic ring is 1. The van der Waals surface area contributed by atoms with Gasteiger partial charge in [-0.05, 0) is 6.92 Å². The molecule has 0 aliphatic carbocycles. The molecule has 40 heavy (non-hydrogen) atoms. The smallest absolute Gasteiger partial charge is 0.390 e. The zero-order valence-corrected chi connectivity index (χ0v) is 21.6. The monoisotopic (exact) mass is 587 g/mol. The molecule has 0 spiro atoms. The lowest BCUT2D eigenvalue weighted by Crippen LogP contribution is -2.34. The summed E-state index contributed by atoms with van der Waals surface area (Å²) in [5, 5.41) is 31.2. The summed E-state index contributed by atoms with van der Waals surface area (Å²) < 4.78 is 35.8. The van der Waals surface area contributed by atoms with Gasteiger partial charge in [-0.1, -0.05) is 0 Å². The highest BCUT2D eigenvalue weighted by Crippen LogP contribution is 2.45. The first kappa shape index (κ1) is 28.3. The predicted molar refractivity (Wildman–Crippen MR) is 131 cm³/mol. The highest BCUT2D eigenvalue weighted by molar-refractivity contribution is 7.47. The molecule has 8 N–H and O–H groups in total. The first-order valence-corrected chi connectivity index (χ1v) is 13.4. The Hall–Kier alpha value is -3.26. The number of nitrogens with zero attached hydrogens (tertiary/aromatic N) is 4. The van der Waals surface area contributed by atoms with E-state index in [1.807, 2.05) is 0 Å². The van der Waals surface area contributed by atoms with Crippen LogP contribution in [-0.4, -0.2) is 93.0 Å². The van der Waals surface area contributed by atoms with E-state index >= 15 is 0 Å². The summed E-state index contributed by atoms with van der Waals surface area (Å²) in [6, 6.07) is 0. The third kappa shape index (κ3) is 5.38. The largest absolute Gasteiger partial charge is 0.472 e. The van der Waals surface area contributed by atoms with Gasteiger partial charge in [-0.25, -0.2) is 14.3 Å². The molecule has 218 valence electrons. The van der Waals surface area contributed by atoms with Gasteiger partial charge in [0.2, 0.25) is 5.95 Å². The first-order valence-electron chi connectivity index (χ1n) is 11.9. The van der Waals surface area contributed by atoms with Crippen LogP contribution in [0.2, 0.25) is 0 Å². The van der Waals surface area contributed by atoms with Gasteiger partial charge < -0.3 is 35.4 Å². The van der Waals surface area contributed by atoms with Gasteiger partial charge in [0, 0.05) is 18.2 Å². The molecular formula is C20H26N7O12P. The molecule has 8 atom stereocenters. The zero-order valence-electron chi connectivity index (χ0n) is 20.7. The fraction of sp³-hybridized carbons (Fsp3) is 0.550. The summed E-state index contributed by atoms with van der Waals surface area (Å²) in [5.74, 6) is -0.214. The number of phosphoric acid groups is 1. The lowest BCUT2D eigenvalue weighted by molar-refractivity contribution is -0.0597. The number of ether oxygens (including phenoxy) is 2. The third-order valence-corrected chi connectivity index (χ3v) is 7.48. The number of aryl methyl sites for hydroxylation is 1. The highest BCUT2D eigenvalue weighted by atomic mass is 31.2. The van der Waals surface area contributed by atoms with Gasteiger partial charge in [-0.15, -0.1) is 0 Å². The zero-order chi connectivity index (χ0) is 28.9. The average Bonchev–Trinajstić information content (AvgIpc) is 3.55. The summed E-state index contributed by atoms with van der Waals surface area (Å²) in [6.07, 6.45) is -6.66. The SMILES string of the molecule is Cc1cn([C@H]2C[C@H](O)[C@@H](COP(=O)(O)OC[C@H]3O[C@@H](n4cnc5c(=O)[nH]c(N)nc54)[C@H](O)[C@@H]3O)O2)c(=O)[nH]c1=O. The number of aliphatic hydroxyl groups is 3. The fourth-order valence-corrected chi connectivity index (χ4v) is 5.18. The van der Waals surface area contributed by atoms with Crippen molar-refractivity contribution in [3.05, 3.63) is 49.3 Å². The molecule has 0 saturated carbocycles. The van der Waals surface area contributed by atoms with Gasteiger partial charge in [0.1, 0.15) is 30.6 Å². The van der Waals surface area contributed by atoms with Gasteiger partial charge in [-0.2, -0.15) is 4.98 Å². The Bertz CT molecular complexity index is 1630. The van der Waals surface area contributed by atoms with Crippen molar-refractivity contribution in [3.63, 3.8) is 0 Å². The lowest BCUT2D eigenvalue weighted by Gasteiger charge is -2.20. The van der Waals surface area contributed by atoms with Crippen molar-refractivity contribution in [2.75, 3.05) is 18.9 Å². The predicted octanol–water partition coefficient (Wildman–Crippen LogP) is -3.04. The average molecular weight is 587 g/mol. The molecule has 5 rings (SSSR count). The molecule has 3 aromatic rings. The number of aromatic nitrogens is 6. The van der Waals surface area contributed by atoms with E-state index in [2.05, 4.69) is 19.9 Å². The van der Waals surface area contributed by atoms with Gasteiger partial charge in [0.25, 0.3) is 11.1 Å². The number of H-pyrrole nitrogens is 2. The minimum absolute atomic E-state index is 0.0251. The van der Waals surface area contributed by atoms with E-state index in [0.717, 1.165) is 10.9 Å². The number of anilines is 1. The van der Waals surface area contributed by atoms with Crippen LogP contribution in [0.1, 0.15) is 24.4 Å². The maximum atomic E-state index is 12.5. The Balaban J connectivity index is 1.19. The van der Waals surface area contributed by atoms with Crippen molar-refractivity contribution < 1.29 is 43.3 Å². The van der Waals surface area contributed by atoms with E-state index in [-0.39, 0.29) is 29.1 Å². The Morgan fingerprint density at radius 3 is 2.50 bits per heavy atom. The molecule has 0 aromatic carbocycles. The summed E-state index contributed by atoms with van der Waals surface area (Å²) in [5.41, 5.74) is 3.74. The summed E-state index contributed by atoms with van der Waals surface area (Å²) in [7, 11) is -4.79. The van der Waals surface area contributed by atoms with E-state index in [9.17, 15) is 39.2 Å². The van der Waals surface area contributed by atoms with Crippen molar-refractivity contribution >= 4 is 24.9 Å². The quantitative estimate of drug-likeness (QED) is 0.129. The van der Waals surface area contributed by atoms with E-state index in [0.29, 0.717) is 0 Å². The van der Waals surface area contributed by atoms with E-state index in [4.69, 9.17) is 24.3 Å². The van der Waals surface area contributed by atoms with E-state index in [1.165, 1.54) is 17.7 Å². The number of rotatable bonds is 8. The first-order chi connectivity index (χ1) is 18.8. The Morgan fingerprint density at radius 1 is 1.07 bits per heavy atom. The van der Waals surface area contributed by atoms with Crippen LogP contribution in [0.5, 0.6) is 0 Å². The molecule has 2 fully saturated rings. The summed E-state index contributed by atoms with van der Waals surface area (Å²) in [4.78, 5) is 58.1. The van der Waals surface area contributed by atoms with Gasteiger partial charge in [0.15, 0.2) is 17.4 Å². The van der Waals surface area contributed by atoms with Crippen LogP contribution >= 0.6 is 7.82 Å². The van der Waals surface area contributed by atoms with Crippen molar-refractivity contribution in [2.24, 2.45) is 0 Å². The van der Waals surface area contributed by atoms with Crippen LogP contribution in [0.15, 0.2) is 26.9 Å². The maximum Gasteiger partial charge on any atom is 0.472 e. The topological polar surface area (TPSA) is 279 Å². The number of imidazole rings is 1. The van der Waals surface area contributed by atoms with Crippen LogP contribution in [0.25, 0.3) is 11.2 Å². The number of phosphoric ester groups is 1. The molecule has 20 heteroatoms. The molecular weight excluding hydrogens is 561 g/mol. The molecule has 2 aliphatic heterocycles. The third-order valence-electron chi connectivity index (χ3n) is 6.53. The number of fused-ring (bicyclic) bond motifs is 1. The molecule has 0 amide bonds. The molecule has 2 saturated heterocycles. The number of nitrogens with two attached hydrogens (primary N) is 1. The molecule has 3 aromatic heterocycles. The highest BCUT2D eigenvalue weighted by Gasteiger charge is 2.46. The lowest BCUT2D eigenvalue weighted by atomic mass is 10.1. The van der Waals surface area contributed by atoms with Crippen molar-refractivity contribution in [1.82, 2.24) is 29.1 Å². The molecule has 5 heterocycles. The molecule has 0 bridgehead atoms. The normalized spacial score (nSPS) is 30.2. The van der Waals surface area contributed by atoms with Crippen molar-refractivity contribution in [1.29, 1.82) is 0 Å². The molecule has 1 unspecified atom stereocenters. The van der Waals surface area contributed by atoms with Crippen LogP contribution in [-0.2, 0) is 23.1 Å². The van der Waals surface area contributed by atoms with Crippen molar-refractivity contribution in [2.45, 2.75) is 56.3 Å². The molecule has 0 radical (unpaired) electrons. The van der Waals surface area contributed by atoms with Crippen LogP contribution < -0.4 is 22.5 Å². The van der Waals surface area contributed by atoms with Crippen LogP contribution in [0.3, 0.4) is 0 Å². The second-order valence-corrected chi connectivity index (χ2v) is 10.7. The van der Waals surface area contributed by atoms with Crippen LogP contribution in [0, 0.1) is 6.92 Å². The fourth-order valence-electron chi connectivity index (χ4n) is 4.43. The number of aromatic amines is 2. The molecule has 19 nitrogen and oxygen atoms in total. The van der Waals surface area contributed by atoms with E-state index in [1.54, 1.807) is 0 Å². The minimum Gasteiger partial charge on any atom is -0.390 e. The Morgan fingerprint density at radius 2 is 1.77 bits per heavy atom. The second-order valence-electron chi connectivity index (χ2n) is 9.29. The summed E-state index contributed by atoms with van der Waals surface area (Å²) in [6.45, 7) is 0.177. The number of hydrogen-bond acceptors (Lipinski definition) is 14. The van der Waals surface area contributed by atoms with Gasteiger partial charge >= 0.3 is 13.5 Å². The van der Waals surface area contributed by atoms with Crippen molar-refractivity contribution in [3.8, 4) is 0 Å². The van der Waals surface area contributed by atoms with Gasteiger partial charge in [-0.3, -0.25) is 37.7 Å². The second kappa shape index (κ2) is 10.6. The Kier molecular flexibility index (Phi) is 7.50. The number of hydrogen-bond donors (Lipinski definition) is 7. The van der Waals surface area contributed by atoms with E-state index < -0.39 is 80.8 Å². The van der Waals surface area contributed by atoms with Gasteiger partial charge in [0.05, 0.1) is 25.6 Å². The van der Waals surface area contributed by atoms with Crippen LogP contribution in [0.4, 0.5) is 5.95 Å². The standard InChI is InChI=1S/C20H26N7O12P/c1-7-3-26(20(33)25-16(7)31)11-2-8(28)9(38-11)4-36-40(34,35)37-5-10-13(29)14(30)18(39-10)27-6-22-12-15(27)23-19(21)24-17(12)32/h3,6,8-11,13-14,18,28-30H,2,4-5H2,1H3,(H,34,35)(H,25,31,33)(H3,21,23,24,32)/t8-,9+,10+,11+,13+,14+,18+/m0/s1. The maximum absolute atomic E-state index is 12.5. The number of nitrogens with one attached hydrogen (secondary N) is 2. The minimum atomic E-state index is -4.79. The Labute approximate surface area is 222 Å². The summed E-state index contributed by atoms with van der Waals surface area (Å²) >= 11 is 0. The number of aliphatic hydroxyl groups excluding tert-OH is 3.